The van der Waals surface area contributed by atoms with Gasteiger partial charge in [0.2, 0.25) is 17.1 Å². The number of carbonyl (C=O) groups is 1. The molecule has 8 nitrogen and oxygen atoms in total. The first-order chi connectivity index (χ1) is 17.9. The van der Waals surface area contributed by atoms with Crippen LogP contribution in [0.1, 0.15) is 36.1 Å². The number of methoxy groups -OCH3 is 4. The smallest absolute Gasteiger partial charge is 0.217 e. The van der Waals surface area contributed by atoms with E-state index in [2.05, 4.69) is 10.6 Å². The van der Waals surface area contributed by atoms with Crippen molar-refractivity contribution >= 4 is 11.6 Å². The van der Waals surface area contributed by atoms with Crippen LogP contribution in [0.4, 0.5) is 5.69 Å². The molecule has 1 atom stereocenters. The molecule has 3 aromatic carbocycles. The minimum absolute atomic E-state index is 0.166. The fourth-order valence-electron chi connectivity index (χ4n) is 4.79. The second kappa shape index (κ2) is 11.2. The molecule has 2 N–H and O–H groups in total. The maximum Gasteiger partial charge on any atom is 0.217 e. The normalized spacial score (nSPS) is 13.9. The fraction of sp³-hybridized carbons (Fsp3) is 0.310. The Morgan fingerprint density at radius 1 is 0.919 bits per heavy atom. The third-order valence-electron chi connectivity index (χ3n) is 6.56. The minimum atomic E-state index is -0.351. The monoisotopic (exact) mass is 504 g/mol. The number of rotatable bonds is 8. The Balaban J connectivity index is 1.86. The molecule has 194 valence electrons. The second-order valence-electron chi connectivity index (χ2n) is 8.80. The predicted octanol–water partition coefficient (Wildman–Crippen LogP) is 4.48. The van der Waals surface area contributed by atoms with Gasteiger partial charge in [-0.15, -0.1) is 0 Å². The third kappa shape index (κ3) is 5.33. The lowest BCUT2D eigenvalue weighted by molar-refractivity contribution is -0.119. The van der Waals surface area contributed by atoms with Gasteiger partial charge in [-0.3, -0.25) is 9.59 Å². The van der Waals surface area contributed by atoms with Gasteiger partial charge in [0.1, 0.15) is 5.75 Å². The molecule has 0 saturated carbocycles. The molecule has 1 unspecified atom stereocenters. The highest BCUT2D eigenvalue weighted by Gasteiger charge is 2.29. The van der Waals surface area contributed by atoms with Crippen molar-refractivity contribution in [2.75, 3.05) is 33.8 Å². The summed E-state index contributed by atoms with van der Waals surface area (Å²) in [5, 5.41) is 6.28. The lowest BCUT2D eigenvalue weighted by atomic mass is 9.95. The van der Waals surface area contributed by atoms with Crippen molar-refractivity contribution in [3.63, 3.8) is 0 Å². The van der Waals surface area contributed by atoms with Gasteiger partial charge in [-0.2, -0.15) is 0 Å². The summed E-state index contributed by atoms with van der Waals surface area (Å²) in [6, 6.07) is 14.5. The van der Waals surface area contributed by atoms with Crippen LogP contribution in [0.5, 0.6) is 23.0 Å². The number of nitrogens with one attached hydrogen (secondary N) is 2. The van der Waals surface area contributed by atoms with Crippen LogP contribution in [0, 0.1) is 0 Å². The fourth-order valence-corrected chi connectivity index (χ4v) is 4.79. The zero-order valence-corrected chi connectivity index (χ0v) is 21.8. The molecule has 1 aliphatic carbocycles. The molecular formula is C29H32N2O6. The maximum absolute atomic E-state index is 13.4. The van der Waals surface area contributed by atoms with Gasteiger partial charge in [0, 0.05) is 19.0 Å². The van der Waals surface area contributed by atoms with Crippen molar-refractivity contribution in [2.45, 2.75) is 32.4 Å². The number of benzene rings is 2. The van der Waals surface area contributed by atoms with Crippen LogP contribution in [0.25, 0.3) is 11.1 Å². The summed E-state index contributed by atoms with van der Waals surface area (Å²) in [5.74, 6) is 2.16. The standard InChI is InChI=1S/C29H32N2O6/c1-17(32)31-23-12-8-19-14-26(35-3)28(36-4)29(37-5)27(19)21-11-13-24(25(33)15-22(21)23)30-16-18-6-9-20(34-2)10-7-18/h6-7,9-11,13-15,23H,8,12,16H2,1-5H3,(H,30,33)(H,31,32). The number of aryl methyl sites for hydroxylation is 1. The summed E-state index contributed by atoms with van der Waals surface area (Å²) in [6.45, 7) is 1.95. The molecule has 0 fully saturated rings. The maximum atomic E-state index is 13.4. The number of ether oxygens (including phenoxy) is 4. The first-order valence-electron chi connectivity index (χ1n) is 12.0. The highest BCUT2D eigenvalue weighted by Crippen LogP contribution is 2.50. The van der Waals surface area contributed by atoms with Crippen molar-refractivity contribution in [3.05, 3.63) is 75.4 Å². The van der Waals surface area contributed by atoms with Gasteiger partial charge in [0.25, 0.3) is 0 Å². The highest BCUT2D eigenvalue weighted by molar-refractivity contribution is 5.83. The molecular weight excluding hydrogens is 472 g/mol. The van der Waals surface area contributed by atoms with Crippen molar-refractivity contribution in [1.29, 1.82) is 0 Å². The van der Waals surface area contributed by atoms with Crippen LogP contribution >= 0.6 is 0 Å². The van der Waals surface area contributed by atoms with Crippen molar-refractivity contribution in [1.82, 2.24) is 5.32 Å². The van der Waals surface area contributed by atoms with Crippen LogP contribution < -0.4 is 35.0 Å². The largest absolute Gasteiger partial charge is 0.497 e. The zero-order valence-electron chi connectivity index (χ0n) is 21.8. The molecule has 3 aromatic rings. The van der Waals surface area contributed by atoms with Gasteiger partial charge >= 0.3 is 0 Å². The first-order valence-corrected chi connectivity index (χ1v) is 12.0. The molecule has 0 bridgehead atoms. The number of fused-ring (bicyclic) bond motifs is 3. The summed E-state index contributed by atoms with van der Waals surface area (Å²) in [4.78, 5) is 25.5. The van der Waals surface area contributed by atoms with Crippen LogP contribution in [-0.2, 0) is 17.8 Å². The van der Waals surface area contributed by atoms with E-state index < -0.39 is 0 Å². The third-order valence-corrected chi connectivity index (χ3v) is 6.56. The lowest BCUT2D eigenvalue weighted by Crippen LogP contribution is -2.26. The Hall–Kier alpha value is -4.20. The molecule has 0 aromatic heterocycles. The number of hydrogen-bond acceptors (Lipinski definition) is 7. The summed E-state index contributed by atoms with van der Waals surface area (Å²) in [6.07, 6.45) is 1.25. The van der Waals surface area contributed by atoms with Crippen molar-refractivity contribution < 1.29 is 23.7 Å². The van der Waals surface area contributed by atoms with Crippen molar-refractivity contribution in [2.24, 2.45) is 0 Å². The van der Waals surface area contributed by atoms with E-state index in [9.17, 15) is 9.59 Å². The van der Waals surface area contributed by atoms with E-state index >= 15 is 0 Å². The molecule has 0 heterocycles. The van der Waals surface area contributed by atoms with Crippen LogP contribution in [-0.4, -0.2) is 34.3 Å². The topological polar surface area (TPSA) is 95.1 Å². The first kappa shape index (κ1) is 25.9. The van der Waals surface area contributed by atoms with E-state index in [1.165, 1.54) is 6.92 Å². The Labute approximate surface area is 216 Å². The number of hydrogen-bond donors (Lipinski definition) is 2. The zero-order chi connectivity index (χ0) is 26.5. The molecule has 8 heteroatoms. The molecule has 0 aliphatic heterocycles. The molecule has 0 radical (unpaired) electrons. The Bertz CT molecular complexity index is 1350. The minimum Gasteiger partial charge on any atom is -0.497 e. The number of carbonyl (C=O) groups excluding carboxylic acids is 1. The van der Waals surface area contributed by atoms with Gasteiger partial charge in [-0.05, 0) is 65.4 Å². The SMILES string of the molecule is COc1ccc(CNc2ccc3c(cc2=O)C(NC(C)=O)CCc2cc(OC)c(OC)c(OC)c2-3)cc1. The molecule has 0 spiro atoms. The van der Waals surface area contributed by atoms with E-state index in [4.69, 9.17) is 18.9 Å². The van der Waals surface area contributed by atoms with Gasteiger partial charge in [0.15, 0.2) is 11.5 Å². The molecule has 0 saturated heterocycles. The van der Waals surface area contributed by atoms with E-state index in [1.807, 2.05) is 36.4 Å². The van der Waals surface area contributed by atoms with Crippen molar-refractivity contribution in [3.8, 4) is 34.1 Å². The summed E-state index contributed by atoms with van der Waals surface area (Å²) >= 11 is 0. The molecule has 1 amide bonds. The molecule has 37 heavy (non-hydrogen) atoms. The van der Waals surface area contributed by atoms with Crippen LogP contribution in [0.15, 0.2) is 53.3 Å². The average Bonchev–Trinajstić information content (AvgIpc) is 3.15. The van der Waals surface area contributed by atoms with Gasteiger partial charge in [-0.1, -0.05) is 18.2 Å². The number of anilines is 1. The van der Waals surface area contributed by atoms with Gasteiger partial charge in [-0.25, -0.2) is 0 Å². The van der Waals surface area contributed by atoms with E-state index in [0.29, 0.717) is 42.3 Å². The number of amides is 1. The van der Waals surface area contributed by atoms with Crippen LogP contribution in [0.2, 0.25) is 0 Å². The van der Waals surface area contributed by atoms with E-state index in [1.54, 1.807) is 40.6 Å². The molecule has 4 rings (SSSR count). The summed E-state index contributed by atoms with van der Waals surface area (Å²) in [5.41, 5.74) is 4.60. The second-order valence-corrected chi connectivity index (χ2v) is 8.80. The average molecular weight is 505 g/mol. The molecule has 1 aliphatic rings. The van der Waals surface area contributed by atoms with Gasteiger partial charge in [0.05, 0.1) is 40.2 Å². The van der Waals surface area contributed by atoms with E-state index in [-0.39, 0.29) is 17.4 Å². The highest BCUT2D eigenvalue weighted by atomic mass is 16.5. The van der Waals surface area contributed by atoms with Crippen LogP contribution in [0.3, 0.4) is 0 Å². The quantitative estimate of drug-likeness (QED) is 0.467. The Morgan fingerprint density at radius 3 is 2.27 bits per heavy atom. The van der Waals surface area contributed by atoms with E-state index in [0.717, 1.165) is 33.6 Å². The Kier molecular flexibility index (Phi) is 7.86. The predicted molar refractivity (Wildman–Crippen MR) is 143 cm³/mol. The summed E-state index contributed by atoms with van der Waals surface area (Å²) < 4.78 is 22.3. The summed E-state index contributed by atoms with van der Waals surface area (Å²) in [7, 11) is 6.35. The Morgan fingerprint density at radius 2 is 1.65 bits per heavy atom. The lowest BCUT2D eigenvalue weighted by Gasteiger charge is -2.19. The van der Waals surface area contributed by atoms with Gasteiger partial charge < -0.3 is 29.6 Å².